The molecular weight excluding hydrogens is 248 g/mol. The molecular formula is C18H14O2. The van der Waals surface area contributed by atoms with Gasteiger partial charge in [-0.05, 0) is 58.3 Å². The third-order valence-electron chi connectivity index (χ3n) is 3.45. The maximum atomic E-state index is 10.9. The molecule has 3 aromatic carbocycles. The van der Waals surface area contributed by atoms with Crippen LogP contribution in [0, 0.1) is 0 Å². The molecule has 0 heterocycles. The van der Waals surface area contributed by atoms with Gasteiger partial charge in [0.1, 0.15) is 0 Å². The molecule has 0 amide bonds. The van der Waals surface area contributed by atoms with Crippen molar-refractivity contribution in [2.75, 3.05) is 0 Å². The van der Waals surface area contributed by atoms with Crippen LogP contribution in [0.25, 0.3) is 27.6 Å². The van der Waals surface area contributed by atoms with Crippen LogP contribution in [-0.4, -0.2) is 11.1 Å². The van der Waals surface area contributed by atoms with Gasteiger partial charge in [-0.15, -0.1) is 0 Å². The first-order valence-electron chi connectivity index (χ1n) is 6.48. The fourth-order valence-electron chi connectivity index (χ4n) is 2.36. The topological polar surface area (TPSA) is 37.3 Å². The smallest absolute Gasteiger partial charge is 0.331 e. The number of hydrogen-bond acceptors (Lipinski definition) is 1. The van der Waals surface area contributed by atoms with E-state index in [1.165, 1.54) is 10.8 Å². The second kappa shape index (κ2) is 4.82. The fourth-order valence-corrected chi connectivity index (χ4v) is 2.36. The normalized spacial score (nSPS) is 11.9. The number of carboxylic acid groups (broad SMARTS) is 1. The second-order valence-electron chi connectivity index (χ2n) is 4.94. The molecule has 0 unspecified atom stereocenters. The Bertz CT molecular complexity index is 844. The van der Waals surface area contributed by atoms with Crippen LogP contribution < -0.4 is 0 Å². The van der Waals surface area contributed by atoms with Crippen molar-refractivity contribution in [2.45, 2.75) is 6.92 Å². The Hall–Kier alpha value is -2.61. The lowest BCUT2D eigenvalue weighted by atomic mass is 10.0. The van der Waals surface area contributed by atoms with E-state index in [9.17, 15) is 4.79 Å². The van der Waals surface area contributed by atoms with Gasteiger partial charge in [0.2, 0.25) is 0 Å². The van der Waals surface area contributed by atoms with Crippen LogP contribution in [0.1, 0.15) is 12.5 Å². The van der Waals surface area contributed by atoms with Crippen LogP contribution in [0.2, 0.25) is 0 Å². The Morgan fingerprint density at radius 3 is 2.15 bits per heavy atom. The molecule has 20 heavy (non-hydrogen) atoms. The summed E-state index contributed by atoms with van der Waals surface area (Å²) in [5, 5.41) is 13.6. The highest BCUT2D eigenvalue weighted by Crippen LogP contribution is 2.24. The number of aliphatic carboxylic acids is 1. The molecule has 0 saturated heterocycles. The summed E-state index contributed by atoms with van der Waals surface area (Å²) in [5.41, 5.74) is 1.25. The minimum atomic E-state index is -0.886. The SMILES string of the molecule is C/C(=C\c1ccc2cc3ccccc3cc2c1)C(=O)O. The van der Waals surface area contributed by atoms with E-state index in [1.54, 1.807) is 13.0 Å². The van der Waals surface area contributed by atoms with Crippen molar-refractivity contribution in [2.24, 2.45) is 0 Å². The fraction of sp³-hybridized carbons (Fsp3) is 0.0556. The number of fused-ring (bicyclic) bond motifs is 2. The van der Waals surface area contributed by atoms with Crippen LogP contribution in [0.5, 0.6) is 0 Å². The van der Waals surface area contributed by atoms with Crippen LogP contribution in [-0.2, 0) is 4.79 Å². The maximum absolute atomic E-state index is 10.9. The van der Waals surface area contributed by atoms with Gasteiger partial charge in [0, 0.05) is 5.57 Å². The van der Waals surface area contributed by atoms with Gasteiger partial charge < -0.3 is 5.11 Å². The van der Waals surface area contributed by atoms with Gasteiger partial charge in [-0.2, -0.15) is 0 Å². The number of rotatable bonds is 2. The van der Waals surface area contributed by atoms with E-state index >= 15 is 0 Å². The Balaban J connectivity index is 2.17. The molecule has 0 aromatic heterocycles. The number of benzene rings is 3. The molecule has 1 N–H and O–H groups in total. The summed E-state index contributed by atoms with van der Waals surface area (Å²) in [7, 11) is 0. The minimum absolute atomic E-state index is 0.338. The highest BCUT2D eigenvalue weighted by atomic mass is 16.4. The van der Waals surface area contributed by atoms with E-state index in [2.05, 4.69) is 24.3 Å². The first kappa shape index (κ1) is 12.4. The van der Waals surface area contributed by atoms with Crippen molar-refractivity contribution in [3.05, 3.63) is 65.7 Å². The quantitative estimate of drug-likeness (QED) is 0.546. The molecule has 98 valence electrons. The van der Waals surface area contributed by atoms with Gasteiger partial charge in [-0.25, -0.2) is 4.79 Å². The standard InChI is InChI=1S/C18H14O2/c1-12(18(19)20)8-13-6-7-16-10-14-4-2-3-5-15(14)11-17(16)9-13/h2-11H,1H3,(H,19,20)/b12-8+. The van der Waals surface area contributed by atoms with Crippen molar-refractivity contribution >= 4 is 33.6 Å². The summed E-state index contributed by atoms with van der Waals surface area (Å²) in [4.78, 5) is 10.9. The lowest BCUT2D eigenvalue weighted by Crippen LogP contribution is -1.95. The maximum Gasteiger partial charge on any atom is 0.331 e. The van der Waals surface area contributed by atoms with Gasteiger partial charge >= 0.3 is 5.97 Å². The molecule has 3 rings (SSSR count). The second-order valence-corrected chi connectivity index (χ2v) is 4.94. The Morgan fingerprint density at radius 1 is 0.900 bits per heavy atom. The van der Waals surface area contributed by atoms with E-state index in [0.29, 0.717) is 5.57 Å². The van der Waals surface area contributed by atoms with E-state index in [0.717, 1.165) is 16.3 Å². The molecule has 0 aliphatic rings. The molecule has 0 atom stereocenters. The molecule has 3 aromatic rings. The zero-order valence-corrected chi connectivity index (χ0v) is 11.1. The predicted molar refractivity (Wildman–Crippen MR) is 82.7 cm³/mol. The molecule has 2 heteroatoms. The van der Waals surface area contributed by atoms with E-state index < -0.39 is 5.97 Å². The van der Waals surface area contributed by atoms with Gasteiger partial charge in [0.15, 0.2) is 0 Å². The molecule has 0 fully saturated rings. The van der Waals surface area contributed by atoms with Crippen molar-refractivity contribution < 1.29 is 9.90 Å². The molecule has 0 aliphatic carbocycles. The zero-order valence-electron chi connectivity index (χ0n) is 11.1. The van der Waals surface area contributed by atoms with Crippen molar-refractivity contribution in [1.82, 2.24) is 0 Å². The summed E-state index contributed by atoms with van der Waals surface area (Å²) in [6, 6.07) is 18.5. The van der Waals surface area contributed by atoms with Crippen LogP contribution in [0.3, 0.4) is 0 Å². The van der Waals surface area contributed by atoms with E-state index in [1.807, 2.05) is 30.3 Å². The van der Waals surface area contributed by atoms with E-state index in [4.69, 9.17) is 5.11 Å². The average molecular weight is 262 g/mol. The molecule has 0 saturated carbocycles. The molecule has 2 nitrogen and oxygen atoms in total. The molecule has 0 aliphatic heterocycles. The number of carboxylic acids is 1. The lowest BCUT2D eigenvalue weighted by Gasteiger charge is -2.04. The Labute approximate surface area is 117 Å². The average Bonchev–Trinajstić information content (AvgIpc) is 2.45. The molecule has 0 bridgehead atoms. The highest BCUT2D eigenvalue weighted by Gasteiger charge is 2.02. The van der Waals surface area contributed by atoms with Crippen molar-refractivity contribution in [1.29, 1.82) is 0 Å². The zero-order chi connectivity index (χ0) is 14.1. The van der Waals surface area contributed by atoms with Crippen molar-refractivity contribution in [3.8, 4) is 0 Å². The van der Waals surface area contributed by atoms with Gasteiger partial charge in [0.05, 0.1) is 0 Å². The summed E-state index contributed by atoms with van der Waals surface area (Å²) in [5.74, 6) is -0.886. The Morgan fingerprint density at radius 2 is 1.50 bits per heavy atom. The first-order chi connectivity index (χ1) is 9.63. The van der Waals surface area contributed by atoms with Gasteiger partial charge in [-0.3, -0.25) is 0 Å². The largest absolute Gasteiger partial charge is 0.478 e. The van der Waals surface area contributed by atoms with Gasteiger partial charge in [-0.1, -0.05) is 36.4 Å². The molecule has 0 spiro atoms. The third-order valence-corrected chi connectivity index (χ3v) is 3.45. The predicted octanol–water partition coefficient (Wildman–Crippen LogP) is 4.48. The van der Waals surface area contributed by atoms with Crippen molar-refractivity contribution in [3.63, 3.8) is 0 Å². The Kier molecular flexibility index (Phi) is 2.99. The lowest BCUT2D eigenvalue weighted by molar-refractivity contribution is -0.132. The molecule has 0 radical (unpaired) electrons. The first-order valence-corrected chi connectivity index (χ1v) is 6.48. The number of hydrogen-bond donors (Lipinski definition) is 1. The monoisotopic (exact) mass is 262 g/mol. The van der Waals surface area contributed by atoms with Crippen LogP contribution in [0.15, 0.2) is 60.2 Å². The van der Waals surface area contributed by atoms with Crippen LogP contribution >= 0.6 is 0 Å². The van der Waals surface area contributed by atoms with Gasteiger partial charge in [0.25, 0.3) is 0 Å². The summed E-state index contributed by atoms with van der Waals surface area (Å²) >= 11 is 0. The minimum Gasteiger partial charge on any atom is -0.478 e. The third kappa shape index (κ3) is 2.28. The summed E-state index contributed by atoms with van der Waals surface area (Å²) < 4.78 is 0. The van der Waals surface area contributed by atoms with Crippen LogP contribution in [0.4, 0.5) is 0 Å². The summed E-state index contributed by atoms with van der Waals surface area (Å²) in [6.45, 7) is 1.60. The summed E-state index contributed by atoms with van der Waals surface area (Å²) in [6.07, 6.45) is 1.69. The highest BCUT2D eigenvalue weighted by molar-refractivity contribution is 5.99. The van der Waals surface area contributed by atoms with E-state index in [-0.39, 0.29) is 0 Å². The number of carbonyl (C=O) groups is 1.